The molecule has 0 atom stereocenters. The summed E-state index contributed by atoms with van der Waals surface area (Å²) in [6, 6.07) is 78.7. The average Bonchev–Trinajstić information content (AvgIpc) is 3.71. The molecule has 5 heteroatoms. The second-order valence-electron chi connectivity index (χ2n) is 15.8. The molecule has 0 aliphatic rings. The highest BCUT2D eigenvalue weighted by molar-refractivity contribution is 6.17. The highest BCUT2D eigenvalue weighted by Gasteiger charge is 2.17. The molecule has 0 saturated carbocycles. The number of pyridine rings is 1. The molecule has 0 saturated heterocycles. The van der Waals surface area contributed by atoms with Crippen molar-refractivity contribution >= 4 is 43.5 Å². The summed E-state index contributed by atoms with van der Waals surface area (Å²) in [6.45, 7) is 0. The SMILES string of the molecule is c1ccc(-c2nc(-c3ccc(-n4c5ccccc5c5ccccc54)cc3)nc(-c3cccc(-c4cccc(-c5cccc6c(-c7ccccc7)nc7ccccc7c56)c4)c3)n2)cc1. The van der Waals surface area contributed by atoms with Crippen LogP contribution in [0.2, 0.25) is 0 Å². The molecular formula is C58H37N5. The Kier molecular flexibility index (Phi) is 8.75. The Labute approximate surface area is 364 Å². The maximum atomic E-state index is 5.18. The van der Waals surface area contributed by atoms with Gasteiger partial charge in [0.1, 0.15) is 0 Å². The third-order valence-corrected chi connectivity index (χ3v) is 12.0. The van der Waals surface area contributed by atoms with Crippen LogP contribution >= 0.6 is 0 Å². The van der Waals surface area contributed by atoms with Crippen molar-refractivity contribution in [2.75, 3.05) is 0 Å². The Morgan fingerprint density at radius 1 is 0.286 bits per heavy atom. The number of benzene rings is 9. The van der Waals surface area contributed by atoms with Crippen LogP contribution in [0, 0.1) is 0 Å². The van der Waals surface area contributed by atoms with Crippen molar-refractivity contribution < 1.29 is 0 Å². The molecule has 12 aromatic rings. The lowest BCUT2D eigenvalue weighted by molar-refractivity contribution is 1.07. The molecule has 0 amide bonds. The van der Waals surface area contributed by atoms with Gasteiger partial charge < -0.3 is 4.57 Å². The average molecular weight is 804 g/mol. The highest BCUT2D eigenvalue weighted by atomic mass is 15.0. The molecule has 9 aromatic carbocycles. The molecule has 0 bridgehead atoms. The summed E-state index contributed by atoms with van der Waals surface area (Å²) in [7, 11) is 0. The third-order valence-electron chi connectivity index (χ3n) is 12.0. The first kappa shape index (κ1) is 36.3. The van der Waals surface area contributed by atoms with E-state index >= 15 is 0 Å². The number of aromatic nitrogens is 5. The molecule has 0 spiro atoms. The lowest BCUT2D eigenvalue weighted by atomic mass is 9.91. The minimum absolute atomic E-state index is 0.616. The lowest BCUT2D eigenvalue weighted by Gasteiger charge is -2.15. The predicted octanol–water partition coefficient (Wildman–Crippen LogP) is 14.7. The van der Waals surface area contributed by atoms with Crippen LogP contribution in [0.25, 0.3) is 117 Å². The van der Waals surface area contributed by atoms with Crippen LogP contribution in [0.3, 0.4) is 0 Å². The highest BCUT2D eigenvalue weighted by Crippen LogP contribution is 2.40. The first-order valence-corrected chi connectivity index (χ1v) is 21.2. The second-order valence-corrected chi connectivity index (χ2v) is 15.8. The number of fused-ring (bicyclic) bond motifs is 6. The van der Waals surface area contributed by atoms with Gasteiger partial charge in [0.15, 0.2) is 17.5 Å². The smallest absolute Gasteiger partial charge is 0.164 e. The van der Waals surface area contributed by atoms with Crippen LogP contribution in [-0.4, -0.2) is 24.5 Å². The quantitative estimate of drug-likeness (QED) is 0.151. The van der Waals surface area contributed by atoms with Crippen LogP contribution in [0.5, 0.6) is 0 Å². The minimum Gasteiger partial charge on any atom is -0.309 e. The summed E-state index contributed by atoms with van der Waals surface area (Å²) < 4.78 is 2.32. The molecule has 0 aliphatic heterocycles. The molecule has 3 aromatic heterocycles. The molecule has 0 N–H and O–H groups in total. The summed E-state index contributed by atoms with van der Waals surface area (Å²) >= 11 is 0. The summed E-state index contributed by atoms with van der Waals surface area (Å²) in [5, 5.41) is 5.93. The lowest BCUT2D eigenvalue weighted by Crippen LogP contribution is -2.00. The fourth-order valence-corrected chi connectivity index (χ4v) is 9.07. The molecular weight excluding hydrogens is 767 g/mol. The van der Waals surface area contributed by atoms with Gasteiger partial charge in [0.05, 0.1) is 22.2 Å². The number of hydrogen-bond donors (Lipinski definition) is 0. The van der Waals surface area contributed by atoms with Gasteiger partial charge in [0, 0.05) is 54.9 Å². The van der Waals surface area contributed by atoms with E-state index in [2.05, 4.69) is 193 Å². The molecule has 0 radical (unpaired) electrons. The van der Waals surface area contributed by atoms with Crippen molar-refractivity contribution in [2.24, 2.45) is 0 Å². The zero-order valence-electron chi connectivity index (χ0n) is 34.1. The van der Waals surface area contributed by atoms with E-state index in [4.69, 9.17) is 19.9 Å². The van der Waals surface area contributed by atoms with Crippen molar-refractivity contribution in [1.29, 1.82) is 0 Å². The Hall–Kier alpha value is -8.54. The van der Waals surface area contributed by atoms with Gasteiger partial charge in [-0.05, 0) is 76.9 Å². The van der Waals surface area contributed by atoms with Gasteiger partial charge in [-0.1, -0.05) is 170 Å². The van der Waals surface area contributed by atoms with Gasteiger partial charge in [0.2, 0.25) is 0 Å². The number of para-hydroxylation sites is 3. The van der Waals surface area contributed by atoms with Crippen LogP contribution in [0.15, 0.2) is 224 Å². The minimum atomic E-state index is 0.616. The van der Waals surface area contributed by atoms with Gasteiger partial charge in [0.25, 0.3) is 0 Å². The van der Waals surface area contributed by atoms with Gasteiger partial charge in [-0.2, -0.15) is 0 Å². The summed E-state index contributed by atoms with van der Waals surface area (Å²) in [6.07, 6.45) is 0. The van der Waals surface area contributed by atoms with E-state index in [1.807, 2.05) is 36.4 Å². The summed E-state index contributed by atoms with van der Waals surface area (Å²) in [4.78, 5) is 20.5. The fourth-order valence-electron chi connectivity index (χ4n) is 9.07. The molecule has 0 fully saturated rings. The van der Waals surface area contributed by atoms with Crippen molar-refractivity contribution in [3.63, 3.8) is 0 Å². The van der Waals surface area contributed by atoms with Gasteiger partial charge in [-0.15, -0.1) is 0 Å². The van der Waals surface area contributed by atoms with E-state index in [1.54, 1.807) is 0 Å². The van der Waals surface area contributed by atoms with Gasteiger partial charge in [-0.25, -0.2) is 19.9 Å². The van der Waals surface area contributed by atoms with Crippen LogP contribution in [0.1, 0.15) is 0 Å². The fraction of sp³-hybridized carbons (Fsp3) is 0. The molecule has 294 valence electrons. The van der Waals surface area contributed by atoms with Crippen LogP contribution < -0.4 is 0 Å². The second kappa shape index (κ2) is 15.2. The predicted molar refractivity (Wildman–Crippen MR) is 260 cm³/mol. The van der Waals surface area contributed by atoms with Gasteiger partial charge >= 0.3 is 0 Å². The number of hydrogen-bond acceptors (Lipinski definition) is 4. The van der Waals surface area contributed by atoms with Crippen LogP contribution in [0.4, 0.5) is 0 Å². The zero-order valence-corrected chi connectivity index (χ0v) is 34.1. The Balaban J connectivity index is 0.948. The van der Waals surface area contributed by atoms with E-state index < -0.39 is 0 Å². The molecule has 12 rings (SSSR count). The maximum absolute atomic E-state index is 5.18. The summed E-state index contributed by atoms with van der Waals surface area (Å²) in [5.41, 5.74) is 13.7. The maximum Gasteiger partial charge on any atom is 0.164 e. The van der Waals surface area contributed by atoms with Gasteiger partial charge in [-0.3, -0.25) is 0 Å². The Morgan fingerprint density at radius 2 is 0.746 bits per heavy atom. The van der Waals surface area contributed by atoms with E-state index in [-0.39, 0.29) is 0 Å². The topological polar surface area (TPSA) is 56.5 Å². The van der Waals surface area contributed by atoms with E-state index in [1.165, 1.54) is 32.8 Å². The monoisotopic (exact) mass is 803 g/mol. The number of nitrogens with zero attached hydrogens (tertiary/aromatic N) is 5. The van der Waals surface area contributed by atoms with Crippen molar-refractivity contribution in [1.82, 2.24) is 24.5 Å². The molecule has 0 aliphatic carbocycles. The molecule has 0 unspecified atom stereocenters. The third kappa shape index (κ3) is 6.42. The first-order valence-electron chi connectivity index (χ1n) is 21.2. The van der Waals surface area contributed by atoms with Crippen molar-refractivity contribution in [2.45, 2.75) is 0 Å². The normalized spacial score (nSPS) is 11.5. The largest absolute Gasteiger partial charge is 0.309 e. The molecule has 3 heterocycles. The van der Waals surface area contributed by atoms with E-state index in [9.17, 15) is 0 Å². The van der Waals surface area contributed by atoms with Crippen LogP contribution in [-0.2, 0) is 0 Å². The van der Waals surface area contributed by atoms with E-state index in [0.717, 1.165) is 66.6 Å². The Morgan fingerprint density at radius 3 is 1.41 bits per heavy atom. The van der Waals surface area contributed by atoms with Crippen molar-refractivity contribution in [3.8, 4) is 73.4 Å². The molecule has 5 nitrogen and oxygen atoms in total. The zero-order chi connectivity index (χ0) is 41.7. The first-order chi connectivity index (χ1) is 31.2. The number of rotatable bonds is 7. The summed E-state index contributed by atoms with van der Waals surface area (Å²) in [5.74, 6) is 1.86. The Bertz CT molecular complexity index is 3620. The standard InChI is InChI=1S/C58H37N5/c1-3-16-38(17-4-1)55-50-28-15-27-46(54(50)49-26-7-10-29-51(49)59-55)43-22-13-20-41(36-43)42-21-14-23-44(37-42)58-61-56(39-18-5-2-6-19-39)60-57(62-58)40-32-34-45(35-33-40)63-52-30-11-8-24-47(52)48-25-9-12-31-53(48)63/h1-37H. The van der Waals surface area contributed by atoms with Crippen molar-refractivity contribution in [3.05, 3.63) is 224 Å². The molecule has 63 heavy (non-hydrogen) atoms. The van der Waals surface area contributed by atoms with E-state index in [0.29, 0.717) is 17.5 Å².